The third-order valence-electron chi connectivity index (χ3n) is 2.82. The lowest BCUT2D eigenvalue weighted by Gasteiger charge is -2.36. The third kappa shape index (κ3) is 4.59. The molecule has 0 radical (unpaired) electrons. The average molecular weight is 248 g/mol. The van der Waals surface area contributed by atoms with Gasteiger partial charge in [-0.05, 0) is 20.3 Å². The smallest absolute Gasteiger partial charge is 0.303 e. The predicted octanol–water partition coefficient (Wildman–Crippen LogP) is 0.113. The Morgan fingerprint density at radius 2 is 2.12 bits per heavy atom. The number of aliphatic carboxylic acids is 1. The lowest BCUT2D eigenvalue weighted by molar-refractivity contribution is -0.273. The molecule has 0 bridgehead atoms. The molecule has 0 amide bonds. The van der Waals surface area contributed by atoms with Gasteiger partial charge in [-0.3, -0.25) is 4.79 Å². The molecule has 5 atom stereocenters. The molecule has 100 valence electrons. The first-order valence-corrected chi connectivity index (χ1v) is 5.79. The molecular weight excluding hydrogens is 228 g/mol. The summed E-state index contributed by atoms with van der Waals surface area (Å²) in [5, 5.41) is 27.6. The van der Waals surface area contributed by atoms with Gasteiger partial charge in [0.1, 0.15) is 6.10 Å². The molecule has 0 aliphatic carbocycles. The quantitative estimate of drug-likeness (QED) is 0.639. The Bertz CT molecular complexity index is 256. The van der Waals surface area contributed by atoms with E-state index in [0.29, 0.717) is 6.42 Å². The fourth-order valence-electron chi connectivity index (χ4n) is 1.69. The van der Waals surface area contributed by atoms with Gasteiger partial charge in [-0.15, -0.1) is 0 Å². The fourth-order valence-corrected chi connectivity index (χ4v) is 1.69. The molecule has 0 spiro atoms. The van der Waals surface area contributed by atoms with Gasteiger partial charge in [-0.1, -0.05) is 0 Å². The molecule has 6 nitrogen and oxygen atoms in total. The Morgan fingerprint density at radius 3 is 2.71 bits per heavy atom. The van der Waals surface area contributed by atoms with E-state index in [1.807, 2.05) is 0 Å². The van der Waals surface area contributed by atoms with Crippen molar-refractivity contribution in [3.63, 3.8) is 0 Å². The summed E-state index contributed by atoms with van der Waals surface area (Å²) < 4.78 is 10.7. The van der Waals surface area contributed by atoms with Crippen molar-refractivity contribution < 1.29 is 29.6 Å². The standard InChI is InChI=1S/C11H20O6/c1-6(3-4-10(14)15)16-11-9(13)5-8(12)7(2)17-11/h6-9,11-13H,3-5H2,1-2H3,(H,14,15)/t6-,7?,8-,9+,11-/m0/s1. The van der Waals surface area contributed by atoms with Crippen molar-refractivity contribution in [2.45, 2.75) is 63.8 Å². The predicted molar refractivity (Wildman–Crippen MR) is 58.4 cm³/mol. The van der Waals surface area contributed by atoms with Crippen LogP contribution in [0.1, 0.15) is 33.1 Å². The van der Waals surface area contributed by atoms with Gasteiger partial charge in [-0.2, -0.15) is 0 Å². The molecule has 0 saturated carbocycles. The summed E-state index contributed by atoms with van der Waals surface area (Å²) in [5.41, 5.74) is 0. The van der Waals surface area contributed by atoms with Crippen LogP contribution < -0.4 is 0 Å². The molecule has 0 aromatic carbocycles. The number of hydrogen-bond donors (Lipinski definition) is 3. The van der Waals surface area contributed by atoms with Crippen LogP contribution in [-0.4, -0.2) is 52.0 Å². The number of aliphatic hydroxyl groups is 2. The molecular formula is C11H20O6. The van der Waals surface area contributed by atoms with Gasteiger partial charge in [0.05, 0.1) is 18.3 Å². The largest absolute Gasteiger partial charge is 0.481 e. The molecule has 17 heavy (non-hydrogen) atoms. The van der Waals surface area contributed by atoms with Crippen molar-refractivity contribution >= 4 is 5.97 Å². The number of carboxylic acids is 1. The van der Waals surface area contributed by atoms with Crippen LogP contribution in [0.5, 0.6) is 0 Å². The van der Waals surface area contributed by atoms with E-state index in [-0.39, 0.29) is 18.9 Å². The summed E-state index contributed by atoms with van der Waals surface area (Å²) in [6.45, 7) is 3.43. The van der Waals surface area contributed by atoms with Crippen LogP contribution in [0, 0.1) is 0 Å². The summed E-state index contributed by atoms with van der Waals surface area (Å²) in [4.78, 5) is 10.4. The van der Waals surface area contributed by atoms with E-state index in [4.69, 9.17) is 14.6 Å². The maximum Gasteiger partial charge on any atom is 0.303 e. The van der Waals surface area contributed by atoms with Crippen molar-refractivity contribution in [2.75, 3.05) is 0 Å². The Labute approximate surface area is 100 Å². The summed E-state index contributed by atoms with van der Waals surface area (Å²) in [6.07, 6.45) is -2.49. The molecule has 1 rings (SSSR count). The molecule has 3 N–H and O–H groups in total. The topological polar surface area (TPSA) is 96.2 Å². The maximum absolute atomic E-state index is 10.4. The van der Waals surface area contributed by atoms with Crippen LogP contribution in [0.3, 0.4) is 0 Å². The summed E-state index contributed by atoms with van der Waals surface area (Å²) in [6, 6.07) is 0. The molecule has 6 heteroatoms. The SMILES string of the molecule is CC1O[C@H](O[C@@H](C)CCC(=O)O)[C@H](O)C[C@@H]1O. The molecule has 1 aliphatic heterocycles. The highest BCUT2D eigenvalue weighted by molar-refractivity contribution is 5.66. The van der Waals surface area contributed by atoms with Crippen LogP contribution in [0.4, 0.5) is 0 Å². The van der Waals surface area contributed by atoms with Crippen molar-refractivity contribution in [3.8, 4) is 0 Å². The molecule has 1 aliphatic rings. The van der Waals surface area contributed by atoms with Crippen molar-refractivity contribution in [3.05, 3.63) is 0 Å². The molecule has 1 unspecified atom stereocenters. The van der Waals surface area contributed by atoms with E-state index in [2.05, 4.69) is 0 Å². The van der Waals surface area contributed by atoms with E-state index in [9.17, 15) is 15.0 Å². The Kier molecular flexibility index (Phi) is 5.32. The minimum Gasteiger partial charge on any atom is -0.481 e. The van der Waals surface area contributed by atoms with Gasteiger partial charge in [-0.25, -0.2) is 0 Å². The summed E-state index contributed by atoms with van der Waals surface area (Å²) >= 11 is 0. The first-order chi connectivity index (χ1) is 7.90. The van der Waals surface area contributed by atoms with Crippen LogP contribution in [0.15, 0.2) is 0 Å². The van der Waals surface area contributed by atoms with Crippen molar-refractivity contribution in [2.24, 2.45) is 0 Å². The Morgan fingerprint density at radius 1 is 1.47 bits per heavy atom. The minimum absolute atomic E-state index is 0.0160. The molecule has 0 aromatic heterocycles. The molecule has 1 heterocycles. The zero-order valence-electron chi connectivity index (χ0n) is 10.1. The lowest BCUT2D eigenvalue weighted by atomic mass is 10.0. The van der Waals surface area contributed by atoms with Crippen molar-refractivity contribution in [1.29, 1.82) is 0 Å². The second kappa shape index (κ2) is 6.30. The highest BCUT2D eigenvalue weighted by Crippen LogP contribution is 2.22. The molecule has 1 saturated heterocycles. The number of rotatable bonds is 5. The number of carboxylic acid groups (broad SMARTS) is 1. The molecule has 0 aromatic rings. The van der Waals surface area contributed by atoms with Gasteiger partial charge in [0.25, 0.3) is 0 Å². The highest BCUT2D eigenvalue weighted by atomic mass is 16.7. The van der Waals surface area contributed by atoms with E-state index >= 15 is 0 Å². The number of carbonyl (C=O) groups is 1. The lowest BCUT2D eigenvalue weighted by Crippen LogP contribution is -2.48. The Balaban J connectivity index is 2.37. The minimum atomic E-state index is -0.881. The second-order valence-corrected chi connectivity index (χ2v) is 4.46. The van der Waals surface area contributed by atoms with Gasteiger partial charge in [0.15, 0.2) is 6.29 Å². The highest BCUT2D eigenvalue weighted by Gasteiger charge is 2.35. The summed E-state index contributed by atoms with van der Waals surface area (Å²) in [7, 11) is 0. The summed E-state index contributed by atoms with van der Waals surface area (Å²) in [5.74, 6) is -0.880. The number of ether oxygens (including phenoxy) is 2. The van der Waals surface area contributed by atoms with Crippen LogP contribution in [0.2, 0.25) is 0 Å². The van der Waals surface area contributed by atoms with E-state index < -0.39 is 30.6 Å². The number of hydrogen-bond acceptors (Lipinski definition) is 5. The molecule has 1 fully saturated rings. The van der Waals surface area contributed by atoms with Gasteiger partial charge < -0.3 is 24.8 Å². The van der Waals surface area contributed by atoms with Gasteiger partial charge >= 0.3 is 5.97 Å². The van der Waals surface area contributed by atoms with E-state index in [1.54, 1.807) is 13.8 Å². The first kappa shape index (κ1) is 14.4. The monoisotopic (exact) mass is 248 g/mol. The zero-order valence-corrected chi connectivity index (χ0v) is 10.1. The van der Waals surface area contributed by atoms with E-state index in [0.717, 1.165) is 0 Å². The average Bonchev–Trinajstić information content (AvgIpc) is 2.23. The first-order valence-electron chi connectivity index (χ1n) is 5.79. The normalized spacial score (nSPS) is 35.5. The van der Waals surface area contributed by atoms with Crippen LogP contribution in [0.25, 0.3) is 0 Å². The van der Waals surface area contributed by atoms with Crippen LogP contribution >= 0.6 is 0 Å². The zero-order chi connectivity index (χ0) is 13.0. The van der Waals surface area contributed by atoms with E-state index in [1.165, 1.54) is 0 Å². The Hall–Kier alpha value is -0.690. The van der Waals surface area contributed by atoms with Gasteiger partial charge in [0, 0.05) is 12.8 Å². The second-order valence-electron chi connectivity index (χ2n) is 4.46. The third-order valence-corrected chi connectivity index (χ3v) is 2.82. The van der Waals surface area contributed by atoms with Crippen LogP contribution in [-0.2, 0) is 14.3 Å². The van der Waals surface area contributed by atoms with Gasteiger partial charge in [0.2, 0.25) is 0 Å². The maximum atomic E-state index is 10.4. The number of aliphatic hydroxyl groups excluding tert-OH is 2. The van der Waals surface area contributed by atoms with Crippen molar-refractivity contribution in [1.82, 2.24) is 0 Å². The fraction of sp³-hybridized carbons (Fsp3) is 0.909.